The minimum absolute atomic E-state index is 0.0271. The first-order valence-corrected chi connectivity index (χ1v) is 12.9. The lowest BCUT2D eigenvalue weighted by molar-refractivity contribution is -0.137. The molecule has 8 nitrogen and oxygen atoms in total. The number of rotatable bonds is 6. The summed E-state index contributed by atoms with van der Waals surface area (Å²) in [7, 11) is 0. The Kier molecular flexibility index (Phi) is 8.30. The highest BCUT2D eigenvalue weighted by Crippen LogP contribution is 2.31. The van der Waals surface area contributed by atoms with Gasteiger partial charge in [-0.25, -0.2) is 4.98 Å². The number of nitrogens with zero attached hydrogens (tertiary/aromatic N) is 6. The quantitative estimate of drug-likeness (QED) is 0.652. The molecule has 2 amide bonds. The van der Waals surface area contributed by atoms with Gasteiger partial charge in [0.2, 0.25) is 5.91 Å². The lowest BCUT2D eigenvalue weighted by atomic mass is 9.83. The molecular formula is C25H40N6O2. The molecule has 4 rings (SSSR count). The van der Waals surface area contributed by atoms with E-state index in [4.69, 9.17) is 0 Å². The number of carbonyl (C=O) groups is 2. The smallest absolute Gasteiger partial charge is 0.274 e. The van der Waals surface area contributed by atoms with Crippen LogP contribution in [0.1, 0.15) is 61.6 Å². The summed E-state index contributed by atoms with van der Waals surface area (Å²) in [5.41, 5.74) is 1.24. The van der Waals surface area contributed by atoms with Gasteiger partial charge >= 0.3 is 0 Å². The normalized spacial score (nSPS) is 23.6. The van der Waals surface area contributed by atoms with Crippen LogP contribution in [0.2, 0.25) is 0 Å². The van der Waals surface area contributed by atoms with Crippen molar-refractivity contribution in [3.63, 3.8) is 0 Å². The number of hydrogen-bond acceptors (Lipinski definition) is 6. The van der Waals surface area contributed by atoms with Gasteiger partial charge in [-0.2, -0.15) is 0 Å². The van der Waals surface area contributed by atoms with E-state index in [1.807, 2.05) is 11.8 Å². The highest BCUT2D eigenvalue weighted by molar-refractivity contribution is 5.92. The fraction of sp³-hybridized carbons (Fsp3) is 0.760. The number of piperazine rings is 1. The summed E-state index contributed by atoms with van der Waals surface area (Å²) in [5, 5.41) is 0. The van der Waals surface area contributed by atoms with Gasteiger partial charge in [-0.3, -0.25) is 14.6 Å². The summed E-state index contributed by atoms with van der Waals surface area (Å²) in [6, 6.07) is 0.333. The lowest BCUT2D eigenvalue weighted by Crippen LogP contribution is -2.52. The number of carbonyl (C=O) groups excluding carboxylic acids is 2. The number of likely N-dealkylation sites (tertiary alicyclic amines) is 2. The summed E-state index contributed by atoms with van der Waals surface area (Å²) in [6.45, 7) is 12.8. The summed E-state index contributed by atoms with van der Waals surface area (Å²) in [5.74, 6) is 0.780. The molecule has 1 aromatic heterocycles. The Balaban J connectivity index is 1.27. The fourth-order valence-corrected chi connectivity index (χ4v) is 5.64. The lowest BCUT2D eigenvalue weighted by Gasteiger charge is -2.44. The van der Waals surface area contributed by atoms with Crippen molar-refractivity contribution in [2.45, 2.75) is 58.4 Å². The van der Waals surface area contributed by atoms with Crippen LogP contribution in [0, 0.1) is 12.8 Å². The molecule has 0 radical (unpaired) electrons. The Morgan fingerprint density at radius 1 is 0.909 bits per heavy atom. The van der Waals surface area contributed by atoms with Crippen LogP contribution < -0.4 is 0 Å². The second-order valence-electron chi connectivity index (χ2n) is 9.85. The van der Waals surface area contributed by atoms with Crippen molar-refractivity contribution in [3.8, 4) is 0 Å². The van der Waals surface area contributed by atoms with Crippen LogP contribution in [-0.2, 0) is 4.79 Å². The number of aromatic nitrogens is 2. The SMILES string of the molecule is CCN1CCN(CCC(=O)N2CCCC[C@@H]2C2CCN(C(=O)c3cnc(C)cn3)CC2)CC1. The first-order chi connectivity index (χ1) is 16.0. The average Bonchev–Trinajstić information content (AvgIpc) is 2.87. The molecule has 3 aliphatic heterocycles. The molecule has 1 atom stereocenters. The number of likely N-dealkylation sites (N-methyl/N-ethyl adjacent to an activating group) is 1. The first kappa shape index (κ1) is 24.1. The Labute approximate surface area is 198 Å². The van der Waals surface area contributed by atoms with E-state index < -0.39 is 0 Å². The van der Waals surface area contributed by atoms with Gasteiger partial charge in [-0.1, -0.05) is 6.92 Å². The van der Waals surface area contributed by atoms with Crippen molar-refractivity contribution < 1.29 is 9.59 Å². The van der Waals surface area contributed by atoms with Crippen LogP contribution >= 0.6 is 0 Å². The zero-order valence-corrected chi connectivity index (χ0v) is 20.4. The molecule has 3 aliphatic rings. The zero-order valence-electron chi connectivity index (χ0n) is 20.4. The molecular weight excluding hydrogens is 416 g/mol. The first-order valence-electron chi connectivity index (χ1n) is 12.9. The highest BCUT2D eigenvalue weighted by atomic mass is 16.2. The molecule has 182 valence electrons. The van der Waals surface area contributed by atoms with E-state index in [0.717, 1.165) is 90.3 Å². The third-order valence-corrected chi connectivity index (χ3v) is 7.79. The Morgan fingerprint density at radius 2 is 1.64 bits per heavy atom. The average molecular weight is 457 g/mol. The summed E-state index contributed by atoms with van der Waals surface area (Å²) in [6.07, 6.45) is 9.18. The summed E-state index contributed by atoms with van der Waals surface area (Å²) < 4.78 is 0. The van der Waals surface area contributed by atoms with Crippen LogP contribution in [0.4, 0.5) is 0 Å². The summed E-state index contributed by atoms with van der Waals surface area (Å²) >= 11 is 0. The monoisotopic (exact) mass is 456 g/mol. The number of amides is 2. The number of piperidine rings is 2. The Bertz CT molecular complexity index is 785. The molecule has 0 bridgehead atoms. The van der Waals surface area contributed by atoms with Gasteiger partial charge in [0, 0.05) is 71.0 Å². The van der Waals surface area contributed by atoms with Gasteiger partial charge in [0.15, 0.2) is 0 Å². The molecule has 0 saturated carbocycles. The van der Waals surface area contributed by atoms with E-state index in [0.29, 0.717) is 30.0 Å². The number of hydrogen-bond donors (Lipinski definition) is 0. The minimum atomic E-state index is -0.0271. The van der Waals surface area contributed by atoms with E-state index in [1.54, 1.807) is 12.4 Å². The third-order valence-electron chi connectivity index (χ3n) is 7.79. The van der Waals surface area contributed by atoms with Gasteiger partial charge in [-0.15, -0.1) is 0 Å². The zero-order chi connectivity index (χ0) is 23.2. The van der Waals surface area contributed by atoms with Gasteiger partial charge in [-0.05, 0) is 51.5 Å². The second kappa shape index (κ2) is 11.4. The second-order valence-corrected chi connectivity index (χ2v) is 9.85. The van der Waals surface area contributed by atoms with E-state index in [1.165, 1.54) is 6.42 Å². The van der Waals surface area contributed by atoms with Gasteiger partial charge in [0.05, 0.1) is 11.9 Å². The molecule has 1 aromatic rings. The molecule has 0 unspecified atom stereocenters. The third kappa shape index (κ3) is 6.09. The standard InChI is InChI=1S/C25H40N6O2/c1-3-28-14-16-29(17-15-28)11-9-24(32)31-10-5-4-6-23(31)21-7-12-30(13-8-21)25(33)22-19-26-20(2)18-27-22/h18-19,21,23H,3-17H2,1-2H3/t23-/m1/s1. The fourth-order valence-electron chi connectivity index (χ4n) is 5.64. The van der Waals surface area contributed by atoms with Crippen molar-refractivity contribution in [2.75, 3.05) is 58.9 Å². The van der Waals surface area contributed by atoms with Crippen molar-refractivity contribution >= 4 is 11.8 Å². The van der Waals surface area contributed by atoms with E-state index in [9.17, 15) is 9.59 Å². The highest BCUT2D eigenvalue weighted by Gasteiger charge is 2.35. The molecule has 3 saturated heterocycles. The maximum Gasteiger partial charge on any atom is 0.274 e. The van der Waals surface area contributed by atoms with E-state index in [2.05, 4.69) is 31.6 Å². The molecule has 8 heteroatoms. The van der Waals surface area contributed by atoms with Crippen LogP contribution in [0.25, 0.3) is 0 Å². The largest absolute Gasteiger partial charge is 0.339 e. The molecule has 33 heavy (non-hydrogen) atoms. The van der Waals surface area contributed by atoms with Crippen LogP contribution in [0.3, 0.4) is 0 Å². The van der Waals surface area contributed by atoms with Crippen molar-refractivity contribution in [2.24, 2.45) is 5.92 Å². The number of aryl methyl sites for hydroxylation is 1. The van der Waals surface area contributed by atoms with Crippen LogP contribution in [0.5, 0.6) is 0 Å². The molecule has 0 N–H and O–H groups in total. The predicted molar refractivity (Wildman–Crippen MR) is 128 cm³/mol. The van der Waals surface area contributed by atoms with Crippen LogP contribution in [0.15, 0.2) is 12.4 Å². The predicted octanol–water partition coefficient (Wildman–Crippen LogP) is 2.05. The topological polar surface area (TPSA) is 72.9 Å². The van der Waals surface area contributed by atoms with Crippen molar-refractivity contribution in [1.29, 1.82) is 0 Å². The van der Waals surface area contributed by atoms with E-state index >= 15 is 0 Å². The minimum Gasteiger partial charge on any atom is -0.339 e. The molecule has 0 aromatic carbocycles. The molecule has 0 aliphatic carbocycles. The van der Waals surface area contributed by atoms with Crippen molar-refractivity contribution in [3.05, 3.63) is 23.8 Å². The maximum atomic E-state index is 13.2. The summed E-state index contributed by atoms with van der Waals surface area (Å²) in [4.78, 5) is 43.5. The van der Waals surface area contributed by atoms with E-state index in [-0.39, 0.29) is 5.91 Å². The maximum absolute atomic E-state index is 13.2. The Hall–Kier alpha value is -2.06. The molecule has 3 fully saturated rings. The van der Waals surface area contributed by atoms with Crippen molar-refractivity contribution in [1.82, 2.24) is 29.6 Å². The van der Waals surface area contributed by atoms with Crippen LogP contribution in [-0.4, -0.2) is 106 Å². The molecule has 0 spiro atoms. The van der Waals surface area contributed by atoms with Gasteiger partial charge in [0.1, 0.15) is 5.69 Å². The Morgan fingerprint density at radius 3 is 2.30 bits per heavy atom. The van der Waals surface area contributed by atoms with Gasteiger partial charge < -0.3 is 19.6 Å². The van der Waals surface area contributed by atoms with Gasteiger partial charge in [0.25, 0.3) is 5.91 Å². The molecule has 4 heterocycles.